The minimum absolute atomic E-state index is 0.00681. The fourth-order valence-electron chi connectivity index (χ4n) is 2.87. The van der Waals surface area contributed by atoms with Gasteiger partial charge < -0.3 is 10.1 Å². The predicted octanol–water partition coefficient (Wildman–Crippen LogP) is 2.36. The second kappa shape index (κ2) is 8.44. The van der Waals surface area contributed by atoms with Crippen molar-refractivity contribution in [3.8, 4) is 5.69 Å². The molecule has 0 saturated heterocycles. The van der Waals surface area contributed by atoms with Crippen molar-refractivity contribution in [2.45, 2.75) is 33.3 Å². The van der Waals surface area contributed by atoms with Gasteiger partial charge in [-0.05, 0) is 32.9 Å². The van der Waals surface area contributed by atoms with Gasteiger partial charge in [-0.25, -0.2) is 9.67 Å². The van der Waals surface area contributed by atoms with E-state index in [1.54, 1.807) is 36.2 Å². The molecule has 2 aromatic heterocycles. The predicted molar refractivity (Wildman–Crippen MR) is 110 cm³/mol. The first kappa shape index (κ1) is 20.5. The lowest BCUT2D eigenvalue weighted by Crippen LogP contribution is -2.32. The molecule has 1 amide bonds. The molecule has 1 unspecified atom stereocenters. The number of aromatic nitrogens is 3. The molecule has 8 nitrogen and oxygen atoms in total. The normalized spacial score (nSPS) is 11.9. The highest BCUT2D eigenvalue weighted by Gasteiger charge is 2.23. The van der Waals surface area contributed by atoms with E-state index in [4.69, 9.17) is 4.74 Å². The van der Waals surface area contributed by atoms with E-state index in [-0.39, 0.29) is 17.7 Å². The molecule has 0 radical (unpaired) electrons. The summed E-state index contributed by atoms with van der Waals surface area (Å²) in [5.41, 5.74) is 1.67. The van der Waals surface area contributed by atoms with Gasteiger partial charge in [0.15, 0.2) is 6.10 Å². The average Bonchev–Trinajstić information content (AvgIpc) is 3.18. The number of aryl methyl sites for hydroxylation is 1. The van der Waals surface area contributed by atoms with Gasteiger partial charge in [-0.1, -0.05) is 18.2 Å². The van der Waals surface area contributed by atoms with Crippen LogP contribution in [0.1, 0.15) is 23.3 Å². The number of carbonyl (C=O) groups excluding carboxylic acids is 2. The standard InChI is InChI=1S/C20H22N4O4S/c1-12-18(20(27)24(23(12)4)16-8-6-5-7-9-16)22-19(26)13(2)28-17(25)10-15-11-29-14(3)21-15/h5-9,11,13H,10H2,1-4H3,(H,22,26). The largest absolute Gasteiger partial charge is 0.452 e. The number of nitrogens with one attached hydrogen (secondary N) is 1. The molecular weight excluding hydrogens is 392 g/mol. The first-order chi connectivity index (χ1) is 13.8. The Bertz CT molecular complexity index is 1100. The third-order valence-corrected chi connectivity index (χ3v) is 5.29. The van der Waals surface area contributed by atoms with Gasteiger partial charge in [0.1, 0.15) is 5.69 Å². The molecular formula is C20H22N4O4S. The molecule has 152 valence electrons. The number of ether oxygens (including phenoxy) is 1. The minimum atomic E-state index is -1.05. The van der Waals surface area contributed by atoms with Crippen LogP contribution in [0.3, 0.4) is 0 Å². The van der Waals surface area contributed by atoms with E-state index in [9.17, 15) is 14.4 Å². The molecule has 1 aromatic carbocycles. The number of benzene rings is 1. The van der Waals surface area contributed by atoms with Crippen LogP contribution in [0.25, 0.3) is 5.69 Å². The molecule has 9 heteroatoms. The summed E-state index contributed by atoms with van der Waals surface area (Å²) in [7, 11) is 1.73. The Balaban J connectivity index is 1.72. The summed E-state index contributed by atoms with van der Waals surface area (Å²) in [5, 5.41) is 5.23. The van der Waals surface area contributed by atoms with Crippen LogP contribution in [0.4, 0.5) is 5.69 Å². The maximum atomic E-state index is 12.8. The van der Waals surface area contributed by atoms with Crippen LogP contribution in [0.2, 0.25) is 0 Å². The second-order valence-electron chi connectivity index (χ2n) is 6.59. The maximum Gasteiger partial charge on any atom is 0.312 e. The van der Waals surface area contributed by atoms with Crippen molar-refractivity contribution in [3.63, 3.8) is 0 Å². The molecule has 2 heterocycles. The van der Waals surface area contributed by atoms with Crippen molar-refractivity contribution in [2.75, 3.05) is 5.32 Å². The molecule has 1 atom stereocenters. The highest BCUT2D eigenvalue weighted by molar-refractivity contribution is 7.09. The molecule has 0 spiro atoms. The third-order valence-electron chi connectivity index (χ3n) is 4.47. The molecule has 3 rings (SSSR count). The van der Waals surface area contributed by atoms with Gasteiger partial charge in [-0.15, -0.1) is 11.3 Å². The van der Waals surface area contributed by atoms with E-state index in [1.807, 2.05) is 25.1 Å². The summed E-state index contributed by atoms with van der Waals surface area (Å²) in [6.45, 7) is 5.05. The number of anilines is 1. The van der Waals surface area contributed by atoms with Crippen LogP contribution >= 0.6 is 11.3 Å². The first-order valence-electron chi connectivity index (χ1n) is 9.03. The zero-order valence-corrected chi connectivity index (χ0v) is 17.4. The molecule has 0 bridgehead atoms. The number of esters is 1. The second-order valence-corrected chi connectivity index (χ2v) is 7.65. The first-order valence-corrected chi connectivity index (χ1v) is 9.91. The lowest BCUT2D eigenvalue weighted by atomic mass is 10.3. The van der Waals surface area contributed by atoms with E-state index in [0.717, 1.165) is 5.01 Å². The van der Waals surface area contributed by atoms with Crippen molar-refractivity contribution in [1.29, 1.82) is 0 Å². The summed E-state index contributed by atoms with van der Waals surface area (Å²) in [6, 6.07) is 9.12. The van der Waals surface area contributed by atoms with Crippen LogP contribution in [0.15, 0.2) is 40.5 Å². The van der Waals surface area contributed by atoms with E-state index in [2.05, 4.69) is 10.3 Å². The van der Waals surface area contributed by atoms with Crippen LogP contribution in [-0.2, 0) is 27.8 Å². The van der Waals surface area contributed by atoms with Crippen LogP contribution in [0, 0.1) is 13.8 Å². The summed E-state index contributed by atoms with van der Waals surface area (Å²) in [5.74, 6) is -1.12. The Hall–Kier alpha value is -3.20. The number of nitrogens with zero attached hydrogens (tertiary/aromatic N) is 3. The number of para-hydroxylation sites is 1. The molecule has 1 N–H and O–H groups in total. The summed E-state index contributed by atoms with van der Waals surface area (Å²) < 4.78 is 8.32. The van der Waals surface area contributed by atoms with Gasteiger partial charge in [-0.2, -0.15) is 0 Å². The van der Waals surface area contributed by atoms with Crippen LogP contribution < -0.4 is 10.9 Å². The van der Waals surface area contributed by atoms with E-state index < -0.39 is 18.0 Å². The lowest BCUT2D eigenvalue weighted by molar-refractivity contribution is -0.152. The smallest absolute Gasteiger partial charge is 0.312 e. The number of rotatable bonds is 6. The van der Waals surface area contributed by atoms with Gasteiger partial charge in [-0.3, -0.25) is 19.1 Å². The van der Waals surface area contributed by atoms with Crippen molar-refractivity contribution in [1.82, 2.24) is 14.3 Å². The van der Waals surface area contributed by atoms with Crippen molar-refractivity contribution in [2.24, 2.45) is 7.05 Å². The summed E-state index contributed by atoms with van der Waals surface area (Å²) in [6.07, 6.45) is -1.06. The number of hydrogen-bond acceptors (Lipinski definition) is 6. The Morgan fingerprint density at radius 2 is 1.93 bits per heavy atom. The van der Waals surface area contributed by atoms with Crippen molar-refractivity contribution in [3.05, 3.63) is 62.5 Å². The van der Waals surface area contributed by atoms with Crippen molar-refractivity contribution < 1.29 is 14.3 Å². The van der Waals surface area contributed by atoms with Crippen LogP contribution in [-0.4, -0.2) is 32.3 Å². The zero-order valence-electron chi connectivity index (χ0n) is 16.6. The number of thiazole rings is 1. The quantitative estimate of drug-likeness (QED) is 0.625. The SMILES string of the molecule is Cc1nc(CC(=O)OC(C)C(=O)Nc2c(C)n(C)n(-c3ccccc3)c2=O)cs1. The van der Waals surface area contributed by atoms with Gasteiger partial charge in [0, 0.05) is 12.4 Å². The molecule has 0 aliphatic carbocycles. The fourth-order valence-corrected chi connectivity index (χ4v) is 3.48. The molecule has 0 aliphatic heterocycles. The van der Waals surface area contributed by atoms with E-state index >= 15 is 0 Å². The monoisotopic (exact) mass is 414 g/mol. The number of amides is 1. The molecule has 3 aromatic rings. The Labute approximate surface area is 171 Å². The van der Waals surface area contributed by atoms with E-state index in [0.29, 0.717) is 17.1 Å². The lowest BCUT2D eigenvalue weighted by Gasteiger charge is -2.12. The summed E-state index contributed by atoms with van der Waals surface area (Å²) >= 11 is 1.44. The highest BCUT2D eigenvalue weighted by atomic mass is 32.1. The van der Waals surface area contributed by atoms with E-state index in [1.165, 1.54) is 22.9 Å². The van der Waals surface area contributed by atoms with Gasteiger partial charge >= 0.3 is 5.97 Å². The van der Waals surface area contributed by atoms with Gasteiger partial charge in [0.2, 0.25) is 0 Å². The van der Waals surface area contributed by atoms with Crippen molar-refractivity contribution >= 4 is 28.9 Å². The Morgan fingerprint density at radius 1 is 1.24 bits per heavy atom. The topological polar surface area (TPSA) is 95.2 Å². The highest BCUT2D eigenvalue weighted by Crippen LogP contribution is 2.15. The minimum Gasteiger partial charge on any atom is -0.452 e. The number of carbonyl (C=O) groups is 2. The fraction of sp³-hybridized carbons (Fsp3) is 0.300. The Morgan fingerprint density at radius 3 is 2.55 bits per heavy atom. The Kier molecular flexibility index (Phi) is 5.97. The van der Waals surface area contributed by atoms with Gasteiger partial charge in [0.25, 0.3) is 11.5 Å². The molecule has 0 saturated carbocycles. The number of hydrogen-bond donors (Lipinski definition) is 1. The maximum absolute atomic E-state index is 12.8. The molecule has 0 fully saturated rings. The zero-order chi connectivity index (χ0) is 21.1. The molecule has 29 heavy (non-hydrogen) atoms. The molecule has 0 aliphatic rings. The average molecular weight is 414 g/mol. The van der Waals surface area contributed by atoms with Gasteiger partial charge in [0.05, 0.1) is 28.5 Å². The van der Waals surface area contributed by atoms with Crippen LogP contribution in [0.5, 0.6) is 0 Å². The summed E-state index contributed by atoms with van der Waals surface area (Å²) in [4.78, 5) is 41.6. The third kappa shape index (κ3) is 4.45.